The summed E-state index contributed by atoms with van der Waals surface area (Å²) in [7, 11) is 0. The Morgan fingerprint density at radius 2 is 1.95 bits per heavy atom. The molecule has 1 aromatic carbocycles. The van der Waals surface area contributed by atoms with Gasteiger partial charge in [-0.3, -0.25) is 4.90 Å². The summed E-state index contributed by atoms with van der Waals surface area (Å²) in [6.45, 7) is 3.45. The first-order chi connectivity index (χ1) is 10.1. The van der Waals surface area contributed by atoms with E-state index >= 15 is 0 Å². The quantitative estimate of drug-likeness (QED) is 0.874. The maximum absolute atomic E-state index is 13.6. The second-order valence-corrected chi connectivity index (χ2v) is 6.78. The molecule has 0 unspecified atom stereocenters. The lowest BCUT2D eigenvalue weighted by Crippen LogP contribution is -2.45. The molecule has 2 aromatic rings. The monoisotopic (exact) mass is 362 g/mol. The van der Waals surface area contributed by atoms with Crippen LogP contribution in [0.2, 0.25) is 4.34 Å². The van der Waals surface area contributed by atoms with Crippen LogP contribution in [0.5, 0.6) is 5.75 Å². The Kier molecular flexibility index (Phi) is 6.06. The number of piperazine rings is 1. The molecule has 1 atom stereocenters. The maximum Gasteiger partial charge on any atom is 0.123 e. The van der Waals surface area contributed by atoms with Crippen LogP contribution in [-0.2, 0) is 0 Å². The van der Waals surface area contributed by atoms with E-state index in [1.807, 2.05) is 12.1 Å². The number of thiophene rings is 1. The van der Waals surface area contributed by atoms with Crippen LogP contribution < -0.4 is 5.32 Å². The van der Waals surface area contributed by atoms with Crippen molar-refractivity contribution in [1.29, 1.82) is 0 Å². The summed E-state index contributed by atoms with van der Waals surface area (Å²) in [5.74, 6) is -0.227. The van der Waals surface area contributed by atoms with E-state index in [1.165, 1.54) is 29.5 Å². The summed E-state index contributed by atoms with van der Waals surface area (Å²) >= 11 is 7.52. The van der Waals surface area contributed by atoms with Crippen molar-refractivity contribution >= 4 is 35.3 Å². The topological polar surface area (TPSA) is 35.5 Å². The van der Waals surface area contributed by atoms with E-state index in [4.69, 9.17) is 11.6 Å². The highest BCUT2D eigenvalue weighted by molar-refractivity contribution is 7.16. The van der Waals surface area contributed by atoms with E-state index in [2.05, 4.69) is 10.2 Å². The molecule has 2 N–H and O–H groups in total. The van der Waals surface area contributed by atoms with Crippen molar-refractivity contribution in [1.82, 2.24) is 10.2 Å². The SMILES string of the molecule is Cl.Oc1ccc(F)cc1[C@H](c1ccc(Cl)s1)N1CCNCC1. The van der Waals surface area contributed by atoms with Crippen LogP contribution in [0.1, 0.15) is 16.5 Å². The van der Waals surface area contributed by atoms with E-state index in [0.29, 0.717) is 9.90 Å². The standard InChI is InChI=1S/C15H16ClFN2OS.ClH/c16-14-4-3-13(21-14)15(19-7-5-18-6-8-19)11-9-10(17)1-2-12(11)20;/h1-4,9,15,18,20H,5-8H2;1H/t15-;/m1./s1. The average Bonchev–Trinajstić information content (AvgIpc) is 2.90. The zero-order valence-electron chi connectivity index (χ0n) is 11.8. The molecule has 0 aliphatic carbocycles. The molecule has 1 aliphatic heterocycles. The fraction of sp³-hybridized carbons (Fsp3) is 0.333. The van der Waals surface area contributed by atoms with Gasteiger partial charge < -0.3 is 10.4 Å². The van der Waals surface area contributed by atoms with Gasteiger partial charge in [0.05, 0.1) is 10.4 Å². The second kappa shape index (κ2) is 7.62. The van der Waals surface area contributed by atoms with Crippen LogP contribution in [0.4, 0.5) is 4.39 Å². The summed E-state index contributed by atoms with van der Waals surface area (Å²) in [6, 6.07) is 7.72. The molecular weight excluding hydrogens is 346 g/mol. The summed E-state index contributed by atoms with van der Waals surface area (Å²) in [4.78, 5) is 3.26. The van der Waals surface area contributed by atoms with E-state index in [9.17, 15) is 9.50 Å². The lowest BCUT2D eigenvalue weighted by molar-refractivity contribution is 0.197. The Morgan fingerprint density at radius 1 is 1.23 bits per heavy atom. The number of hydrogen-bond donors (Lipinski definition) is 2. The summed E-state index contributed by atoms with van der Waals surface area (Å²) < 4.78 is 14.3. The first-order valence-electron chi connectivity index (χ1n) is 6.83. The minimum Gasteiger partial charge on any atom is -0.508 e. The third-order valence-electron chi connectivity index (χ3n) is 3.66. The van der Waals surface area contributed by atoms with Crippen molar-refractivity contribution < 1.29 is 9.50 Å². The zero-order valence-corrected chi connectivity index (χ0v) is 14.1. The molecule has 120 valence electrons. The van der Waals surface area contributed by atoms with Crippen LogP contribution in [0.15, 0.2) is 30.3 Å². The lowest BCUT2D eigenvalue weighted by Gasteiger charge is -2.35. The number of phenols is 1. The minimum absolute atomic E-state index is 0. The van der Waals surface area contributed by atoms with E-state index < -0.39 is 0 Å². The molecule has 0 saturated carbocycles. The van der Waals surface area contributed by atoms with Crippen LogP contribution in [0.3, 0.4) is 0 Å². The highest BCUT2D eigenvalue weighted by Crippen LogP contribution is 2.39. The molecule has 2 heterocycles. The highest BCUT2D eigenvalue weighted by Gasteiger charge is 2.27. The molecule has 22 heavy (non-hydrogen) atoms. The van der Waals surface area contributed by atoms with Crippen LogP contribution in [0.25, 0.3) is 0 Å². The molecule has 3 rings (SSSR count). The highest BCUT2D eigenvalue weighted by atomic mass is 35.5. The van der Waals surface area contributed by atoms with Gasteiger partial charge in [0.25, 0.3) is 0 Å². The smallest absolute Gasteiger partial charge is 0.123 e. The number of nitrogens with one attached hydrogen (secondary N) is 1. The van der Waals surface area contributed by atoms with E-state index in [-0.39, 0.29) is 30.0 Å². The number of rotatable bonds is 3. The molecule has 0 amide bonds. The summed E-state index contributed by atoms with van der Waals surface area (Å²) in [5.41, 5.74) is 0.593. The van der Waals surface area contributed by atoms with Crippen molar-refractivity contribution in [2.75, 3.05) is 26.2 Å². The normalized spacial score (nSPS) is 17.0. The van der Waals surface area contributed by atoms with E-state index in [1.54, 1.807) is 0 Å². The molecule has 0 spiro atoms. The van der Waals surface area contributed by atoms with Gasteiger partial charge in [-0.05, 0) is 30.3 Å². The number of phenolic OH excluding ortho intramolecular Hbond substituents is 1. The first-order valence-corrected chi connectivity index (χ1v) is 8.03. The summed E-state index contributed by atoms with van der Waals surface area (Å²) in [6.07, 6.45) is 0. The molecule has 1 aromatic heterocycles. The summed E-state index contributed by atoms with van der Waals surface area (Å²) in [5, 5.41) is 13.5. The van der Waals surface area contributed by atoms with Crippen LogP contribution in [-0.4, -0.2) is 36.2 Å². The van der Waals surface area contributed by atoms with Gasteiger partial charge in [0, 0.05) is 36.6 Å². The first kappa shape index (κ1) is 17.5. The maximum atomic E-state index is 13.6. The molecular formula is C15H17Cl2FN2OS. The predicted molar refractivity (Wildman–Crippen MR) is 90.9 cm³/mol. The van der Waals surface area contributed by atoms with Gasteiger partial charge in [-0.15, -0.1) is 23.7 Å². The van der Waals surface area contributed by atoms with Gasteiger partial charge in [0.15, 0.2) is 0 Å². The fourth-order valence-electron chi connectivity index (χ4n) is 2.69. The largest absolute Gasteiger partial charge is 0.508 e. The van der Waals surface area contributed by atoms with Crippen LogP contribution >= 0.6 is 35.3 Å². The predicted octanol–water partition coefficient (Wildman–Crippen LogP) is 3.66. The van der Waals surface area contributed by atoms with Crippen molar-refractivity contribution in [2.24, 2.45) is 0 Å². The van der Waals surface area contributed by atoms with Crippen molar-refractivity contribution in [2.45, 2.75) is 6.04 Å². The Morgan fingerprint density at radius 3 is 2.59 bits per heavy atom. The van der Waals surface area contributed by atoms with Gasteiger partial charge in [0.2, 0.25) is 0 Å². The molecule has 1 saturated heterocycles. The van der Waals surface area contributed by atoms with Gasteiger partial charge >= 0.3 is 0 Å². The number of aromatic hydroxyl groups is 1. The minimum atomic E-state index is -0.342. The number of halogens is 3. The van der Waals surface area contributed by atoms with Crippen molar-refractivity contribution in [3.05, 3.63) is 50.9 Å². The second-order valence-electron chi connectivity index (χ2n) is 5.03. The molecule has 7 heteroatoms. The van der Waals surface area contributed by atoms with Gasteiger partial charge in [-0.25, -0.2) is 4.39 Å². The molecule has 3 nitrogen and oxygen atoms in total. The molecule has 0 radical (unpaired) electrons. The van der Waals surface area contributed by atoms with Gasteiger partial charge in [0.1, 0.15) is 11.6 Å². The molecule has 1 aliphatic rings. The number of hydrogen-bond acceptors (Lipinski definition) is 4. The molecule has 0 bridgehead atoms. The van der Waals surface area contributed by atoms with Crippen molar-refractivity contribution in [3.8, 4) is 5.75 Å². The van der Waals surface area contributed by atoms with Gasteiger partial charge in [-0.1, -0.05) is 11.6 Å². The van der Waals surface area contributed by atoms with Crippen molar-refractivity contribution in [3.63, 3.8) is 0 Å². The number of nitrogens with zero attached hydrogens (tertiary/aromatic N) is 1. The van der Waals surface area contributed by atoms with E-state index in [0.717, 1.165) is 31.1 Å². The lowest BCUT2D eigenvalue weighted by atomic mass is 10.0. The number of benzene rings is 1. The Bertz CT molecular complexity index is 632. The Balaban J connectivity index is 0.00000176. The third-order valence-corrected chi connectivity index (χ3v) is 4.95. The average molecular weight is 363 g/mol. The Labute approximate surface area is 144 Å². The van der Waals surface area contributed by atoms with Gasteiger partial charge in [-0.2, -0.15) is 0 Å². The third kappa shape index (κ3) is 3.73. The fourth-order valence-corrected chi connectivity index (χ4v) is 3.91. The Hall–Kier alpha value is -0.850. The zero-order chi connectivity index (χ0) is 14.8. The molecule has 1 fully saturated rings. The van der Waals surface area contributed by atoms with Crippen LogP contribution in [0, 0.1) is 5.82 Å².